The molecule has 1 aromatic heterocycles. The molecule has 0 aliphatic heterocycles. The molecule has 16 heavy (non-hydrogen) atoms. The lowest BCUT2D eigenvalue weighted by Gasteiger charge is -2.18. The summed E-state index contributed by atoms with van der Waals surface area (Å²) >= 11 is 0. The number of hydrogen-bond donors (Lipinski definition) is 1. The van der Waals surface area contributed by atoms with Gasteiger partial charge in [-0.1, -0.05) is 0 Å². The van der Waals surface area contributed by atoms with E-state index >= 15 is 0 Å². The molecule has 1 unspecified atom stereocenters. The minimum Gasteiger partial charge on any atom is -0.479 e. The fraction of sp³-hybridized carbons (Fsp3) is 0.500. The second kappa shape index (κ2) is 4.78. The SMILES string of the molecule is CC(C)n1cc(C(C(=O)O)N(C)C=O)cn1. The number of carbonyl (C=O) groups is 2. The first-order valence-electron chi connectivity index (χ1n) is 4.91. The molecule has 1 heterocycles. The van der Waals surface area contributed by atoms with Gasteiger partial charge in [-0.25, -0.2) is 4.79 Å². The summed E-state index contributed by atoms with van der Waals surface area (Å²) in [7, 11) is 1.43. The largest absolute Gasteiger partial charge is 0.479 e. The van der Waals surface area contributed by atoms with Gasteiger partial charge < -0.3 is 10.0 Å². The molecule has 1 rings (SSSR count). The van der Waals surface area contributed by atoms with Gasteiger partial charge in [0.1, 0.15) is 0 Å². The Morgan fingerprint density at radius 2 is 2.25 bits per heavy atom. The van der Waals surface area contributed by atoms with Crippen molar-refractivity contribution in [1.29, 1.82) is 0 Å². The van der Waals surface area contributed by atoms with E-state index in [0.29, 0.717) is 12.0 Å². The summed E-state index contributed by atoms with van der Waals surface area (Å²) in [5.74, 6) is -1.07. The number of aliphatic carboxylic acids is 1. The van der Waals surface area contributed by atoms with Crippen LogP contribution in [0.2, 0.25) is 0 Å². The highest BCUT2D eigenvalue weighted by atomic mass is 16.4. The average Bonchev–Trinajstić information content (AvgIpc) is 2.66. The monoisotopic (exact) mass is 225 g/mol. The molecule has 0 saturated carbocycles. The van der Waals surface area contributed by atoms with Gasteiger partial charge in [-0.15, -0.1) is 0 Å². The van der Waals surface area contributed by atoms with Gasteiger partial charge in [0.15, 0.2) is 6.04 Å². The van der Waals surface area contributed by atoms with E-state index in [1.165, 1.54) is 13.2 Å². The molecule has 6 heteroatoms. The van der Waals surface area contributed by atoms with Crippen LogP contribution in [-0.2, 0) is 9.59 Å². The summed E-state index contributed by atoms with van der Waals surface area (Å²) in [5.41, 5.74) is 0.496. The third-order valence-corrected chi connectivity index (χ3v) is 2.27. The fourth-order valence-electron chi connectivity index (χ4n) is 1.39. The van der Waals surface area contributed by atoms with Gasteiger partial charge in [0.25, 0.3) is 0 Å². The minimum absolute atomic E-state index is 0.157. The van der Waals surface area contributed by atoms with Crippen molar-refractivity contribution < 1.29 is 14.7 Å². The van der Waals surface area contributed by atoms with E-state index in [-0.39, 0.29) is 6.04 Å². The summed E-state index contributed by atoms with van der Waals surface area (Å²) < 4.78 is 1.66. The fourth-order valence-corrected chi connectivity index (χ4v) is 1.39. The lowest BCUT2D eigenvalue weighted by Crippen LogP contribution is -2.29. The molecule has 1 N–H and O–H groups in total. The van der Waals surface area contributed by atoms with E-state index in [4.69, 9.17) is 5.11 Å². The number of carbonyl (C=O) groups excluding carboxylic acids is 1. The molecule has 0 fully saturated rings. The van der Waals surface area contributed by atoms with Gasteiger partial charge in [-0.2, -0.15) is 5.10 Å². The van der Waals surface area contributed by atoms with Crippen LogP contribution < -0.4 is 0 Å². The lowest BCUT2D eigenvalue weighted by molar-refractivity contribution is -0.145. The number of rotatable bonds is 5. The predicted octanol–water partition coefficient (Wildman–Crippen LogP) is 0.678. The normalized spacial score (nSPS) is 12.5. The number of nitrogens with zero attached hydrogens (tertiary/aromatic N) is 3. The van der Waals surface area contributed by atoms with Crippen molar-refractivity contribution in [1.82, 2.24) is 14.7 Å². The molecular weight excluding hydrogens is 210 g/mol. The summed E-state index contributed by atoms with van der Waals surface area (Å²) in [6, 6.07) is -0.824. The van der Waals surface area contributed by atoms with E-state index in [0.717, 1.165) is 4.90 Å². The van der Waals surface area contributed by atoms with Crippen molar-refractivity contribution in [2.45, 2.75) is 25.9 Å². The standard InChI is InChI=1S/C10H15N3O3/c1-7(2)13-5-8(4-11-13)9(10(15)16)12(3)6-14/h4-7,9H,1-3H3,(H,15,16). The summed E-state index contributed by atoms with van der Waals surface area (Å²) in [6.45, 7) is 3.88. The second-order valence-electron chi connectivity index (χ2n) is 3.86. The van der Waals surface area contributed by atoms with Crippen molar-refractivity contribution in [3.63, 3.8) is 0 Å². The summed E-state index contributed by atoms with van der Waals surface area (Å²) in [6.07, 6.45) is 3.60. The molecule has 0 spiro atoms. The van der Waals surface area contributed by atoms with Gasteiger partial charge in [0, 0.05) is 24.8 Å². The average molecular weight is 225 g/mol. The van der Waals surface area contributed by atoms with Gasteiger partial charge in [0.05, 0.1) is 6.20 Å². The molecule has 1 aromatic rings. The van der Waals surface area contributed by atoms with Crippen LogP contribution >= 0.6 is 0 Å². The molecule has 1 atom stereocenters. The lowest BCUT2D eigenvalue weighted by atomic mass is 10.1. The molecule has 0 radical (unpaired) electrons. The smallest absolute Gasteiger partial charge is 0.331 e. The topological polar surface area (TPSA) is 75.4 Å². The molecule has 0 bridgehead atoms. The minimum atomic E-state index is -1.07. The quantitative estimate of drug-likeness (QED) is 0.747. The van der Waals surface area contributed by atoms with Crippen LogP contribution in [0.15, 0.2) is 12.4 Å². The van der Waals surface area contributed by atoms with E-state index in [1.54, 1.807) is 10.9 Å². The first-order chi connectivity index (χ1) is 7.47. The van der Waals surface area contributed by atoms with Crippen molar-refractivity contribution >= 4 is 12.4 Å². The van der Waals surface area contributed by atoms with E-state index in [2.05, 4.69) is 5.10 Å². The number of carboxylic acids is 1. The highest BCUT2D eigenvalue weighted by Crippen LogP contribution is 2.19. The van der Waals surface area contributed by atoms with E-state index in [9.17, 15) is 9.59 Å². The van der Waals surface area contributed by atoms with Crippen LogP contribution in [0, 0.1) is 0 Å². The zero-order valence-electron chi connectivity index (χ0n) is 9.49. The maximum absolute atomic E-state index is 11.0. The van der Waals surface area contributed by atoms with Crippen LogP contribution in [0.1, 0.15) is 31.5 Å². The third kappa shape index (κ3) is 2.39. The Hall–Kier alpha value is -1.85. The van der Waals surface area contributed by atoms with Crippen molar-refractivity contribution in [2.24, 2.45) is 0 Å². The Morgan fingerprint density at radius 3 is 2.62 bits per heavy atom. The molecule has 88 valence electrons. The number of carboxylic acid groups (broad SMARTS) is 1. The van der Waals surface area contributed by atoms with Crippen LogP contribution in [0.3, 0.4) is 0 Å². The van der Waals surface area contributed by atoms with Crippen molar-refractivity contribution in [2.75, 3.05) is 7.05 Å². The van der Waals surface area contributed by atoms with Gasteiger partial charge >= 0.3 is 5.97 Å². The molecule has 0 aliphatic carbocycles. The third-order valence-electron chi connectivity index (χ3n) is 2.27. The highest BCUT2D eigenvalue weighted by Gasteiger charge is 2.25. The zero-order chi connectivity index (χ0) is 12.3. The molecule has 6 nitrogen and oxygen atoms in total. The Kier molecular flexibility index (Phi) is 3.65. The molecular formula is C10H15N3O3. The number of aromatic nitrogens is 2. The van der Waals surface area contributed by atoms with Gasteiger partial charge in [0.2, 0.25) is 6.41 Å². The maximum Gasteiger partial charge on any atom is 0.331 e. The Morgan fingerprint density at radius 1 is 1.62 bits per heavy atom. The van der Waals surface area contributed by atoms with Gasteiger partial charge in [-0.3, -0.25) is 9.48 Å². The highest BCUT2D eigenvalue weighted by molar-refractivity contribution is 5.77. The second-order valence-corrected chi connectivity index (χ2v) is 3.86. The molecule has 0 saturated heterocycles. The van der Waals surface area contributed by atoms with Crippen LogP contribution in [0.25, 0.3) is 0 Å². The zero-order valence-corrected chi connectivity index (χ0v) is 9.49. The number of amides is 1. The number of likely N-dealkylation sites (N-methyl/N-ethyl adjacent to an activating group) is 1. The summed E-state index contributed by atoms with van der Waals surface area (Å²) in [5, 5.41) is 13.1. The van der Waals surface area contributed by atoms with Crippen LogP contribution in [0.5, 0.6) is 0 Å². The van der Waals surface area contributed by atoms with Crippen LogP contribution in [-0.4, -0.2) is 39.2 Å². The van der Waals surface area contributed by atoms with Crippen molar-refractivity contribution in [3.05, 3.63) is 18.0 Å². The maximum atomic E-state index is 11.0. The Labute approximate surface area is 93.5 Å². The molecule has 0 aliphatic rings. The molecule has 1 amide bonds. The summed E-state index contributed by atoms with van der Waals surface area (Å²) in [4.78, 5) is 22.7. The Bertz CT molecular complexity index is 386. The first-order valence-corrected chi connectivity index (χ1v) is 4.91. The van der Waals surface area contributed by atoms with E-state index in [1.807, 2.05) is 13.8 Å². The van der Waals surface area contributed by atoms with Gasteiger partial charge in [-0.05, 0) is 13.8 Å². The predicted molar refractivity (Wildman–Crippen MR) is 56.8 cm³/mol. The van der Waals surface area contributed by atoms with Crippen molar-refractivity contribution in [3.8, 4) is 0 Å². The van der Waals surface area contributed by atoms with Crippen LogP contribution in [0.4, 0.5) is 0 Å². The first kappa shape index (κ1) is 12.2. The molecule has 0 aromatic carbocycles. The Balaban J connectivity index is 3.02. The number of hydrogen-bond acceptors (Lipinski definition) is 3. The van der Waals surface area contributed by atoms with E-state index < -0.39 is 12.0 Å².